The maximum atomic E-state index is 12.0. The molecule has 98 valence electrons. The van der Waals surface area contributed by atoms with Crippen LogP contribution in [0.25, 0.3) is 0 Å². The van der Waals surface area contributed by atoms with E-state index in [9.17, 15) is 4.79 Å². The molecule has 0 bridgehead atoms. The topological polar surface area (TPSA) is 32.3 Å². The minimum Gasteiger partial charge on any atom is -0.346 e. The first-order valence-electron chi connectivity index (χ1n) is 6.22. The minimum atomic E-state index is -0.0565. The number of piperidine rings is 1. The van der Waals surface area contributed by atoms with Crippen molar-refractivity contribution >= 4 is 21.8 Å². The molecule has 1 amide bonds. The molecule has 0 radical (unpaired) electrons. The molecule has 1 aliphatic rings. The van der Waals surface area contributed by atoms with Crippen LogP contribution >= 0.6 is 15.9 Å². The highest BCUT2D eigenvalue weighted by atomic mass is 79.9. The van der Waals surface area contributed by atoms with Crippen molar-refractivity contribution in [2.24, 2.45) is 0 Å². The molecular weight excluding hydrogens is 292 g/mol. The third-order valence-electron chi connectivity index (χ3n) is 3.81. The van der Waals surface area contributed by atoms with Gasteiger partial charge in [-0.05, 0) is 31.2 Å². The van der Waals surface area contributed by atoms with Gasteiger partial charge in [0.05, 0.1) is 0 Å². The summed E-state index contributed by atoms with van der Waals surface area (Å²) in [5.41, 5.74) is 1.19. The van der Waals surface area contributed by atoms with E-state index in [-0.39, 0.29) is 11.3 Å². The Morgan fingerprint density at radius 1 is 1.39 bits per heavy atom. The van der Waals surface area contributed by atoms with Gasteiger partial charge in [0.15, 0.2) is 0 Å². The van der Waals surface area contributed by atoms with Gasteiger partial charge in [-0.1, -0.05) is 28.1 Å². The zero-order valence-corrected chi connectivity index (χ0v) is 12.5. The number of carbonyl (C=O) groups is 1. The van der Waals surface area contributed by atoms with E-state index in [4.69, 9.17) is 0 Å². The zero-order valence-electron chi connectivity index (χ0n) is 10.9. The molecule has 0 aliphatic carbocycles. The van der Waals surface area contributed by atoms with Gasteiger partial charge in [0.25, 0.3) is 0 Å². The second-order valence-corrected chi connectivity index (χ2v) is 5.98. The van der Waals surface area contributed by atoms with Gasteiger partial charge in [0.1, 0.15) is 0 Å². The van der Waals surface area contributed by atoms with Crippen LogP contribution in [0.1, 0.15) is 18.4 Å². The number of amides is 1. The molecular formula is C14H19BrN2O. The van der Waals surface area contributed by atoms with Crippen LogP contribution in [-0.4, -0.2) is 38.0 Å². The van der Waals surface area contributed by atoms with E-state index in [1.807, 2.05) is 19.0 Å². The fourth-order valence-corrected chi connectivity index (χ4v) is 2.92. The standard InChI is InChI=1S/C14H19BrN2O/c1-16-10-14(7-8-17(2)13(18)9-14)11-3-5-12(15)6-4-11/h3-6,16H,7-10H2,1-2H3. The summed E-state index contributed by atoms with van der Waals surface area (Å²) in [6.45, 7) is 1.67. The number of halogens is 1. The summed E-state index contributed by atoms with van der Waals surface area (Å²) >= 11 is 3.46. The highest BCUT2D eigenvalue weighted by molar-refractivity contribution is 9.10. The molecule has 3 nitrogen and oxygen atoms in total. The molecule has 1 atom stereocenters. The van der Waals surface area contributed by atoms with Crippen molar-refractivity contribution in [1.29, 1.82) is 0 Å². The first-order chi connectivity index (χ1) is 8.57. The van der Waals surface area contributed by atoms with Crippen LogP contribution in [0.3, 0.4) is 0 Å². The van der Waals surface area contributed by atoms with Gasteiger partial charge >= 0.3 is 0 Å². The Morgan fingerprint density at radius 2 is 2.06 bits per heavy atom. The first kappa shape index (κ1) is 13.6. The highest BCUT2D eigenvalue weighted by Gasteiger charge is 2.38. The molecule has 1 unspecified atom stereocenters. The van der Waals surface area contributed by atoms with Crippen LogP contribution < -0.4 is 5.32 Å². The second-order valence-electron chi connectivity index (χ2n) is 5.06. The average molecular weight is 311 g/mol. The van der Waals surface area contributed by atoms with Gasteiger partial charge in [-0.15, -0.1) is 0 Å². The predicted molar refractivity (Wildman–Crippen MR) is 76.6 cm³/mol. The lowest BCUT2D eigenvalue weighted by molar-refractivity contribution is -0.134. The smallest absolute Gasteiger partial charge is 0.223 e. The molecule has 4 heteroatoms. The largest absolute Gasteiger partial charge is 0.346 e. The summed E-state index contributed by atoms with van der Waals surface area (Å²) in [6.07, 6.45) is 1.60. The molecule has 1 N–H and O–H groups in total. The number of hydrogen-bond donors (Lipinski definition) is 1. The number of rotatable bonds is 3. The van der Waals surface area contributed by atoms with E-state index in [2.05, 4.69) is 45.5 Å². The number of carbonyl (C=O) groups excluding carboxylic acids is 1. The number of nitrogens with one attached hydrogen (secondary N) is 1. The van der Waals surface area contributed by atoms with E-state index in [1.54, 1.807) is 0 Å². The van der Waals surface area contributed by atoms with Crippen molar-refractivity contribution in [3.8, 4) is 0 Å². The zero-order chi connectivity index (χ0) is 13.2. The van der Waals surface area contributed by atoms with Crippen LogP contribution in [-0.2, 0) is 10.2 Å². The predicted octanol–water partition coefficient (Wildman–Crippen LogP) is 2.16. The third-order valence-corrected chi connectivity index (χ3v) is 4.34. The summed E-state index contributed by atoms with van der Waals surface area (Å²) in [4.78, 5) is 13.8. The molecule has 1 heterocycles. The number of hydrogen-bond acceptors (Lipinski definition) is 2. The Labute approximate surface area is 117 Å². The number of benzene rings is 1. The summed E-state index contributed by atoms with van der Waals surface area (Å²) in [6, 6.07) is 8.35. The quantitative estimate of drug-likeness (QED) is 0.928. The molecule has 1 fully saturated rings. The molecule has 1 aromatic carbocycles. The summed E-state index contributed by atoms with van der Waals surface area (Å²) in [7, 11) is 3.83. The molecule has 1 aromatic rings. The molecule has 2 rings (SSSR count). The van der Waals surface area contributed by atoms with Crippen molar-refractivity contribution in [2.45, 2.75) is 18.3 Å². The fourth-order valence-electron chi connectivity index (χ4n) is 2.66. The van der Waals surface area contributed by atoms with E-state index in [0.717, 1.165) is 24.0 Å². The van der Waals surface area contributed by atoms with E-state index in [1.165, 1.54) is 5.56 Å². The monoisotopic (exact) mass is 310 g/mol. The van der Waals surface area contributed by atoms with Gasteiger partial charge in [-0.2, -0.15) is 0 Å². The van der Waals surface area contributed by atoms with Crippen molar-refractivity contribution in [1.82, 2.24) is 10.2 Å². The normalized spacial score (nSPS) is 24.4. The Morgan fingerprint density at radius 3 is 2.61 bits per heavy atom. The first-order valence-corrected chi connectivity index (χ1v) is 7.01. The van der Waals surface area contributed by atoms with Crippen molar-refractivity contribution in [2.75, 3.05) is 27.2 Å². The SMILES string of the molecule is CNCC1(c2ccc(Br)cc2)CCN(C)C(=O)C1. The number of nitrogens with zero attached hydrogens (tertiary/aromatic N) is 1. The van der Waals surface area contributed by atoms with E-state index in [0.29, 0.717) is 6.42 Å². The molecule has 1 aliphatic heterocycles. The minimum absolute atomic E-state index is 0.0565. The lowest BCUT2D eigenvalue weighted by Crippen LogP contribution is -2.48. The third kappa shape index (κ3) is 2.59. The number of likely N-dealkylation sites (tertiary alicyclic amines) is 1. The summed E-state index contributed by atoms with van der Waals surface area (Å²) < 4.78 is 1.07. The Bertz CT molecular complexity index is 432. The van der Waals surface area contributed by atoms with Gasteiger partial charge < -0.3 is 10.2 Å². The molecule has 18 heavy (non-hydrogen) atoms. The fraction of sp³-hybridized carbons (Fsp3) is 0.500. The van der Waals surface area contributed by atoms with Crippen LogP contribution in [0.4, 0.5) is 0 Å². The van der Waals surface area contributed by atoms with Gasteiger partial charge in [0.2, 0.25) is 5.91 Å². The summed E-state index contributed by atoms with van der Waals surface area (Å²) in [5.74, 6) is 0.236. The molecule has 0 spiro atoms. The lowest BCUT2D eigenvalue weighted by atomic mass is 9.72. The average Bonchev–Trinajstić information content (AvgIpc) is 2.35. The van der Waals surface area contributed by atoms with E-state index < -0.39 is 0 Å². The maximum absolute atomic E-state index is 12.0. The Balaban J connectivity index is 2.32. The maximum Gasteiger partial charge on any atom is 0.223 e. The summed E-state index contributed by atoms with van der Waals surface area (Å²) in [5, 5.41) is 3.24. The van der Waals surface area contributed by atoms with E-state index >= 15 is 0 Å². The van der Waals surface area contributed by atoms with Crippen LogP contribution in [0.5, 0.6) is 0 Å². The Hall–Kier alpha value is -0.870. The van der Waals surface area contributed by atoms with Crippen LogP contribution in [0.2, 0.25) is 0 Å². The molecule has 0 aromatic heterocycles. The van der Waals surface area contributed by atoms with Gasteiger partial charge in [-0.25, -0.2) is 0 Å². The Kier molecular flexibility index (Phi) is 4.07. The van der Waals surface area contributed by atoms with Gasteiger partial charge in [-0.3, -0.25) is 4.79 Å². The second kappa shape index (κ2) is 5.41. The van der Waals surface area contributed by atoms with Gasteiger partial charge in [0, 0.05) is 36.4 Å². The highest BCUT2D eigenvalue weighted by Crippen LogP contribution is 2.35. The lowest BCUT2D eigenvalue weighted by Gasteiger charge is -2.40. The number of likely N-dealkylation sites (N-methyl/N-ethyl adjacent to an activating group) is 1. The van der Waals surface area contributed by atoms with Crippen molar-refractivity contribution in [3.63, 3.8) is 0 Å². The van der Waals surface area contributed by atoms with Crippen molar-refractivity contribution < 1.29 is 4.79 Å². The molecule has 1 saturated heterocycles. The van der Waals surface area contributed by atoms with Crippen molar-refractivity contribution in [3.05, 3.63) is 34.3 Å². The van der Waals surface area contributed by atoms with Crippen LogP contribution in [0.15, 0.2) is 28.7 Å². The van der Waals surface area contributed by atoms with Crippen LogP contribution in [0, 0.1) is 0 Å². The molecule has 0 saturated carbocycles.